The molecule has 1 saturated carbocycles. The number of nitrogens with zero attached hydrogens (tertiary/aromatic N) is 2. The van der Waals surface area contributed by atoms with Gasteiger partial charge in [0.05, 0.1) is 0 Å². The Balaban J connectivity index is 1.59. The molecule has 8 heteroatoms. The first-order chi connectivity index (χ1) is 12.4. The molecule has 1 aromatic carbocycles. The van der Waals surface area contributed by atoms with Gasteiger partial charge in [-0.3, -0.25) is 4.79 Å². The van der Waals surface area contributed by atoms with E-state index in [4.69, 9.17) is 0 Å². The summed E-state index contributed by atoms with van der Waals surface area (Å²) in [6.07, 6.45) is 5.80. The van der Waals surface area contributed by atoms with E-state index >= 15 is 0 Å². The van der Waals surface area contributed by atoms with E-state index in [1.807, 2.05) is 6.26 Å². The van der Waals surface area contributed by atoms with Gasteiger partial charge in [-0.25, -0.2) is 9.73 Å². The summed E-state index contributed by atoms with van der Waals surface area (Å²) in [5.74, 6) is 0.561. The first-order valence-electron chi connectivity index (χ1n) is 9.19. The standard InChI is InChI=1S/C18H29FN4OS2/c1-14(2)12-22(10-4-9-20-13-24)25-16-7-8-17-18(11-16)26(17,3)23(19)21-15-5-6-15/h7-8,11,13-15,21H,4-6,9-10,12H2,1-3H3,(H,20,24). The summed E-state index contributed by atoms with van der Waals surface area (Å²) < 4.78 is 17.8. The van der Waals surface area contributed by atoms with Gasteiger partial charge in [-0.1, -0.05) is 24.1 Å². The lowest BCUT2D eigenvalue weighted by molar-refractivity contribution is -0.109. The number of halogens is 1. The zero-order valence-electron chi connectivity index (χ0n) is 15.7. The maximum absolute atomic E-state index is 14.6. The smallest absolute Gasteiger partial charge is 0.207 e. The molecule has 1 heterocycles. The van der Waals surface area contributed by atoms with Crippen LogP contribution in [0.15, 0.2) is 32.9 Å². The van der Waals surface area contributed by atoms with Crippen molar-refractivity contribution in [2.24, 2.45) is 5.92 Å². The predicted molar refractivity (Wildman–Crippen MR) is 107 cm³/mol. The summed E-state index contributed by atoms with van der Waals surface area (Å²) in [7, 11) is -1.60. The fraction of sp³-hybridized carbons (Fsp3) is 0.611. The Morgan fingerprint density at radius 1 is 1.38 bits per heavy atom. The van der Waals surface area contributed by atoms with Gasteiger partial charge in [0, 0.05) is 40.4 Å². The lowest BCUT2D eigenvalue weighted by Gasteiger charge is -2.24. The molecule has 2 N–H and O–H groups in total. The summed E-state index contributed by atoms with van der Waals surface area (Å²) in [6, 6.07) is 6.64. The van der Waals surface area contributed by atoms with Gasteiger partial charge in [-0.15, -0.1) is 4.48 Å². The molecule has 26 heavy (non-hydrogen) atoms. The van der Waals surface area contributed by atoms with Crippen LogP contribution in [0.2, 0.25) is 0 Å². The van der Waals surface area contributed by atoms with Crippen molar-refractivity contribution in [3.05, 3.63) is 18.2 Å². The summed E-state index contributed by atoms with van der Waals surface area (Å²) >= 11 is 1.73. The van der Waals surface area contributed by atoms with Crippen molar-refractivity contribution in [2.45, 2.75) is 53.8 Å². The molecule has 146 valence electrons. The first-order valence-corrected chi connectivity index (χ1v) is 12.0. The number of rotatable bonds is 12. The molecule has 1 unspecified atom stereocenters. The highest BCUT2D eigenvalue weighted by molar-refractivity contribution is 8.35. The van der Waals surface area contributed by atoms with Crippen LogP contribution in [0, 0.1) is 5.92 Å². The van der Waals surface area contributed by atoms with Crippen LogP contribution in [0.4, 0.5) is 4.48 Å². The molecule has 0 saturated heterocycles. The summed E-state index contributed by atoms with van der Waals surface area (Å²) in [6.45, 7) is 6.98. The van der Waals surface area contributed by atoms with Crippen LogP contribution in [0.1, 0.15) is 33.1 Å². The molecule has 1 aromatic rings. The summed E-state index contributed by atoms with van der Waals surface area (Å²) in [5, 5.41) is 2.71. The van der Waals surface area contributed by atoms with E-state index in [-0.39, 0.29) is 0 Å². The number of carbonyl (C=O) groups is 1. The van der Waals surface area contributed by atoms with Gasteiger partial charge < -0.3 is 5.32 Å². The molecule has 3 rings (SSSR count). The molecule has 1 amide bonds. The lowest BCUT2D eigenvalue weighted by Crippen LogP contribution is -2.30. The third-order valence-corrected chi connectivity index (χ3v) is 8.53. The number of amides is 1. The highest BCUT2D eigenvalue weighted by Crippen LogP contribution is 2.78. The van der Waals surface area contributed by atoms with E-state index in [0.717, 1.165) is 58.1 Å². The summed E-state index contributed by atoms with van der Waals surface area (Å²) in [5.41, 5.74) is 2.98. The van der Waals surface area contributed by atoms with Crippen LogP contribution >= 0.6 is 22.2 Å². The predicted octanol–water partition coefficient (Wildman–Crippen LogP) is 3.72. The molecule has 0 aromatic heterocycles. The van der Waals surface area contributed by atoms with Crippen molar-refractivity contribution in [2.75, 3.05) is 25.9 Å². The Morgan fingerprint density at radius 2 is 2.15 bits per heavy atom. The van der Waals surface area contributed by atoms with Gasteiger partial charge in [0.25, 0.3) is 0 Å². The molecule has 0 bridgehead atoms. The van der Waals surface area contributed by atoms with E-state index in [2.05, 4.69) is 47.1 Å². The zero-order valence-corrected chi connectivity index (χ0v) is 17.3. The molecule has 1 aliphatic heterocycles. The molecule has 2 aliphatic rings. The fourth-order valence-electron chi connectivity index (χ4n) is 2.90. The molecule has 0 spiro atoms. The number of hydrazine groups is 1. The van der Waals surface area contributed by atoms with Gasteiger partial charge in [0.15, 0.2) is 0 Å². The fourth-order valence-corrected chi connectivity index (χ4v) is 6.69. The molecule has 1 aliphatic carbocycles. The van der Waals surface area contributed by atoms with Crippen LogP contribution in [0.5, 0.6) is 0 Å². The van der Waals surface area contributed by atoms with Crippen LogP contribution in [-0.4, -0.2) is 47.3 Å². The number of carbonyl (C=O) groups excluding carboxylic acids is 1. The number of benzene rings is 1. The Kier molecular flexibility index (Phi) is 6.50. The van der Waals surface area contributed by atoms with Gasteiger partial charge in [-0.05, 0) is 66.2 Å². The van der Waals surface area contributed by atoms with E-state index in [0.29, 0.717) is 18.5 Å². The van der Waals surface area contributed by atoms with Crippen LogP contribution in [-0.2, 0) is 4.79 Å². The van der Waals surface area contributed by atoms with E-state index in [9.17, 15) is 9.28 Å². The maximum Gasteiger partial charge on any atom is 0.207 e. The van der Waals surface area contributed by atoms with Gasteiger partial charge >= 0.3 is 0 Å². The first kappa shape index (κ1) is 19.9. The van der Waals surface area contributed by atoms with Crippen LogP contribution < -0.4 is 10.7 Å². The van der Waals surface area contributed by atoms with Gasteiger partial charge in [0.1, 0.15) is 0 Å². The number of hydrogen-bond acceptors (Lipinski definition) is 5. The van der Waals surface area contributed by atoms with Crippen LogP contribution in [0.3, 0.4) is 0 Å². The second kappa shape index (κ2) is 8.48. The third kappa shape index (κ3) is 4.72. The largest absolute Gasteiger partial charge is 0.359 e. The number of hydrogen-bond donors (Lipinski definition) is 2. The number of fused-ring (bicyclic) bond motifs is 1. The SMILES string of the molecule is CC(C)CN(CCCNC=O)Sc1ccc2c(c1)S2(C)N(F)NC1CC1. The second-order valence-corrected chi connectivity index (χ2v) is 11.6. The quantitative estimate of drug-likeness (QED) is 0.140. The Morgan fingerprint density at radius 3 is 2.81 bits per heavy atom. The average Bonchev–Trinajstić information content (AvgIpc) is 3.50. The molecule has 1 atom stereocenters. The van der Waals surface area contributed by atoms with Crippen molar-refractivity contribution >= 4 is 28.6 Å². The van der Waals surface area contributed by atoms with Gasteiger partial charge in [0.2, 0.25) is 6.41 Å². The molecular formula is C18H29FN4OS2. The van der Waals surface area contributed by atoms with Crippen molar-refractivity contribution < 1.29 is 9.28 Å². The van der Waals surface area contributed by atoms with Crippen molar-refractivity contribution in [1.82, 2.24) is 19.7 Å². The zero-order chi connectivity index (χ0) is 18.7. The normalized spacial score (nSPS) is 23.8. The number of nitrogens with one attached hydrogen (secondary N) is 2. The van der Waals surface area contributed by atoms with Crippen molar-refractivity contribution in [3.63, 3.8) is 0 Å². The van der Waals surface area contributed by atoms with Crippen molar-refractivity contribution in [3.8, 4) is 0 Å². The molecule has 1 fully saturated rings. The third-order valence-electron chi connectivity index (χ3n) is 4.53. The minimum atomic E-state index is -1.60. The molecular weight excluding hydrogens is 371 g/mol. The minimum Gasteiger partial charge on any atom is -0.359 e. The average molecular weight is 401 g/mol. The highest BCUT2D eigenvalue weighted by atomic mass is 32.3. The maximum atomic E-state index is 14.6. The second-order valence-electron chi connectivity index (χ2n) is 7.43. The van der Waals surface area contributed by atoms with Crippen molar-refractivity contribution in [1.29, 1.82) is 0 Å². The minimum absolute atomic E-state index is 0.316. The van der Waals surface area contributed by atoms with E-state index < -0.39 is 10.2 Å². The summed E-state index contributed by atoms with van der Waals surface area (Å²) in [4.78, 5) is 13.8. The Bertz CT molecular complexity index is 644. The molecule has 0 radical (unpaired) electrons. The van der Waals surface area contributed by atoms with E-state index in [1.165, 1.54) is 0 Å². The molecule has 5 nitrogen and oxygen atoms in total. The Hall–Kier alpha value is -0.800. The lowest BCUT2D eigenvalue weighted by atomic mass is 10.2. The highest BCUT2D eigenvalue weighted by Gasteiger charge is 2.49. The topological polar surface area (TPSA) is 47.6 Å². The van der Waals surface area contributed by atoms with E-state index in [1.54, 1.807) is 11.9 Å². The van der Waals surface area contributed by atoms with Gasteiger partial charge in [-0.2, -0.15) is 0 Å². The monoisotopic (exact) mass is 400 g/mol. The Labute approximate surface area is 161 Å². The van der Waals surface area contributed by atoms with Crippen LogP contribution in [0.25, 0.3) is 0 Å².